The molecule has 1 amide bonds. The summed E-state index contributed by atoms with van der Waals surface area (Å²) in [6.45, 7) is 7.49. The van der Waals surface area contributed by atoms with Crippen molar-refractivity contribution in [2.45, 2.75) is 19.6 Å². The van der Waals surface area contributed by atoms with Gasteiger partial charge in [-0.15, -0.1) is 4.98 Å². The second-order valence-electron chi connectivity index (χ2n) is 7.24. The van der Waals surface area contributed by atoms with Crippen molar-refractivity contribution in [1.29, 1.82) is 0 Å². The van der Waals surface area contributed by atoms with Crippen LogP contribution in [-0.4, -0.2) is 40.0 Å². The van der Waals surface area contributed by atoms with Gasteiger partial charge in [-0.3, -0.25) is 9.78 Å². The molecule has 1 aliphatic heterocycles. The zero-order valence-electron chi connectivity index (χ0n) is 17.2. The van der Waals surface area contributed by atoms with Crippen molar-refractivity contribution in [3.63, 3.8) is 0 Å². The molecule has 0 saturated heterocycles. The Balaban J connectivity index is 1.75. The molecular formula is C23H21N5O3. The van der Waals surface area contributed by atoms with E-state index in [1.165, 1.54) is 0 Å². The molecule has 31 heavy (non-hydrogen) atoms. The van der Waals surface area contributed by atoms with Gasteiger partial charge < -0.3 is 24.9 Å². The first-order valence-electron chi connectivity index (χ1n) is 9.69. The lowest BCUT2D eigenvalue weighted by atomic mass is 10.1. The number of rotatable bonds is 6. The molecule has 0 spiro atoms. The number of carbonyl (C=O) groups excluding carboxylic acids is 1. The third-order valence-electron chi connectivity index (χ3n) is 5.08. The quantitative estimate of drug-likeness (QED) is 0.599. The molecule has 0 unspecified atom stereocenters. The molecule has 0 aliphatic carbocycles. The van der Waals surface area contributed by atoms with E-state index in [1.54, 1.807) is 49.4 Å². The van der Waals surface area contributed by atoms with Gasteiger partial charge in [-0.25, -0.2) is 0 Å². The zero-order chi connectivity index (χ0) is 22.0. The van der Waals surface area contributed by atoms with E-state index in [1.807, 2.05) is 12.1 Å². The van der Waals surface area contributed by atoms with Crippen molar-refractivity contribution in [3.8, 4) is 5.75 Å². The smallest absolute Gasteiger partial charge is 0.269 e. The molecule has 3 heterocycles. The van der Waals surface area contributed by atoms with E-state index in [2.05, 4.69) is 15.1 Å². The number of aliphatic hydroxyl groups excluding tert-OH is 1. The first kappa shape index (κ1) is 20.3. The number of ether oxygens (including phenoxy) is 1. The van der Waals surface area contributed by atoms with Crippen molar-refractivity contribution < 1.29 is 14.6 Å². The predicted octanol–water partition coefficient (Wildman–Crippen LogP) is 3.45. The number of anilines is 2. The molecular weight excluding hydrogens is 394 g/mol. The number of aliphatic hydroxyl groups is 1. The maximum atomic E-state index is 12.8. The molecule has 0 radical (unpaired) electrons. The number of carbonyl (C=O) groups is 1. The molecule has 0 bridgehead atoms. The zero-order valence-corrected chi connectivity index (χ0v) is 17.2. The molecule has 1 aromatic carbocycles. The summed E-state index contributed by atoms with van der Waals surface area (Å²) in [6, 6.07) is 12.5. The number of nitrogens with one attached hydrogen (secondary N) is 1. The molecule has 156 valence electrons. The van der Waals surface area contributed by atoms with Gasteiger partial charge in [0, 0.05) is 7.05 Å². The highest BCUT2D eigenvalue weighted by molar-refractivity contribution is 6.03. The Morgan fingerprint density at radius 3 is 2.77 bits per heavy atom. The van der Waals surface area contributed by atoms with E-state index >= 15 is 0 Å². The molecule has 0 fully saturated rings. The van der Waals surface area contributed by atoms with Crippen LogP contribution in [0.3, 0.4) is 0 Å². The van der Waals surface area contributed by atoms with Gasteiger partial charge in [-0.2, -0.15) is 0 Å². The van der Waals surface area contributed by atoms with E-state index in [0.717, 1.165) is 17.0 Å². The highest BCUT2D eigenvalue weighted by Gasteiger charge is 2.30. The van der Waals surface area contributed by atoms with E-state index < -0.39 is 0 Å². The van der Waals surface area contributed by atoms with Crippen LogP contribution in [-0.2, 0) is 19.6 Å². The second kappa shape index (κ2) is 8.42. The Morgan fingerprint density at radius 2 is 2.03 bits per heavy atom. The minimum Gasteiger partial charge on any atom is -0.495 e. The lowest BCUT2D eigenvalue weighted by Crippen LogP contribution is -2.18. The summed E-state index contributed by atoms with van der Waals surface area (Å²) >= 11 is 0. The Bertz CT molecular complexity index is 1200. The Hall–Kier alpha value is -3.96. The number of nitrogens with zero attached hydrogens (tertiary/aromatic N) is 4. The number of hydrogen-bond acceptors (Lipinski definition) is 6. The van der Waals surface area contributed by atoms with E-state index in [4.69, 9.17) is 16.3 Å². The maximum absolute atomic E-state index is 12.8. The monoisotopic (exact) mass is 415 g/mol. The largest absolute Gasteiger partial charge is 0.495 e. The highest BCUT2D eigenvalue weighted by Crippen LogP contribution is 2.34. The van der Waals surface area contributed by atoms with E-state index in [9.17, 15) is 9.90 Å². The van der Waals surface area contributed by atoms with Crippen molar-refractivity contribution in [3.05, 3.63) is 82.1 Å². The van der Waals surface area contributed by atoms with Crippen LogP contribution in [0.2, 0.25) is 0 Å². The fourth-order valence-electron chi connectivity index (χ4n) is 3.58. The maximum Gasteiger partial charge on any atom is 0.269 e. The minimum absolute atomic E-state index is 0.0919. The summed E-state index contributed by atoms with van der Waals surface area (Å²) in [7, 11) is 3.30. The van der Waals surface area contributed by atoms with Crippen LogP contribution in [0, 0.1) is 6.57 Å². The Morgan fingerprint density at radius 1 is 1.19 bits per heavy atom. The lowest BCUT2D eigenvalue weighted by molar-refractivity contribution is 0.0817. The van der Waals surface area contributed by atoms with Crippen LogP contribution in [0.15, 0.2) is 42.5 Å². The fourth-order valence-corrected chi connectivity index (χ4v) is 3.58. The number of methoxy groups -OCH3 is 1. The summed E-state index contributed by atoms with van der Waals surface area (Å²) < 4.78 is 5.46. The van der Waals surface area contributed by atoms with Crippen LogP contribution in [0.25, 0.3) is 4.85 Å². The van der Waals surface area contributed by atoms with Crippen LogP contribution < -0.4 is 10.1 Å². The number of amides is 1. The third kappa shape index (κ3) is 4.04. The van der Waals surface area contributed by atoms with Gasteiger partial charge in [0.1, 0.15) is 11.4 Å². The predicted molar refractivity (Wildman–Crippen MR) is 116 cm³/mol. The van der Waals surface area contributed by atoms with Crippen LogP contribution in [0.1, 0.15) is 33.0 Å². The average Bonchev–Trinajstić information content (AvgIpc) is 3.07. The molecule has 8 heteroatoms. The third-order valence-corrected chi connectivity index (χ3v) is 5.08. The van der Waals surface area contributed by atoms with Gasteiger partial charge in [0.15, 0.2) is 0 Å². The summed E-state index contributed by atoms with van der Waals surface area (Å²) in [4.78, 5) is 26.8. The summed E-state index contributed by atoms with van der Waals surface area (Å²) in [5.74, 6) is 0.792. The number of pyridine rings is 2. The molecule has 8 nitrogen and oxygen atoms in total. The van der Waals surface area contributed by atoms with Gasteiger partial charge in [0.05, 0.1) is 55.0 Å². The van der Waals surface area contributed by atoms with Crippen molar-refractivity contribution in [2.75, 3.05) is 19.5 Å². The van der Waals surface area contributed by atoms with Crippen molar-refractivity contribution in [1.82, 2.24) is 14.9 Å². The summed E-state index contributed by atoms with van der Waals surface area (Å²) in [5, 5.41) is 12.7. The summed E-state index contributed by atoms with van der Waals surface area (Å²) in [6.07, 6.45) is 0.434. The van der Waals surface area contributed by atoms with Gasteiger partial charge >= 0.3 is 0 Å². The molecule has 0 atom stereocenters. The molecule has 3 aromatic rings. The molecule has 0 saturated carbocycles. The lowest BCUT2D eigenvalue weighted by Gasteiger charge is -2.15. The normalized spacial score (nSPS) is 12.5. The van der Waals surface area contributed by atoms with Gasteiger partial charge in [0.25, 0.3) is 11.7 Å². The standard InChI is InChI=1S/C23H21N5O3/c1-24-21-6-4-5-15(26-21)10-16-11-18(22-19(25-16)12-28(2)23(22)30)27-17-8-7-14(13-29)9-20(17)31-3/h4-9,11,29H,10,12-13H2,2-3H3,(H,25,27). The first-order valence-corrected chi connectivity index (χ1v) is 9.69. The number of hydrogen-bond donors (Lipinski definition) is 2. The van der Waals surface area contributed by atoms with E-state index in [0.29, 0.717) is 47.2 Å². The minimum atomic E-state index is -0.101. The molecule has 4 rings (SSSR count). The number of fused-ring (bicyclic) bond motifs is 1. The van der Waals surface area contributed by atoms with Crippen molar-refractivity contribution >= 4 is 23.1 Å². The van der Waals surface area contributed by atoms with Gasteiger partial charge in [0.2, 0.25) is 0 Å². The highest BCUT2D eigenvalue weighted by atomic mass is 16.5. The molecule has 1 aliphatic rings. The van der Waals surface area contributed by atoms with Crippen LogP contribution in [0.5, 0.6) is 5.75 Å². The van der Waals surface area contributed by atoms with Gasteiger partial charge in [-0.1, -0.05) is 18.7 Å². The average molecular weight is 415 g/mol. The van der Waals surface area contributed by atoms with Crippen LogP contribution >= 0.6 is 0 Å². The first-order chi connectivity index (χ1) is 15.0. The Kier molecular flexibility index (Phi) is 5.52. The Labute approximate surface area is 180 Å². The SMILES string of the molecule is [C-]#[N+]c1cccc(Cc2cc(Nc3ccc(CO)cc3OC)c3c(n2)CN(C)C3=O)n1. The summed E-state index contributed by atoms with van der Waals surface area (Å²) in [5.41, 5.74) is 4.73. The molecule has 2 N–H and O–H groups in total. The van der Waals surface area contributed by atoms with E-state index in [-0.39, 0.29) is 12.5 Å². The number of benzene rings is 1. The fraction of sp³-hybridized carbons (Fsp3) is 0.217. The number of aromatic nitrogens is 2. The van der Waals surface area contributed by atoms with Crippen molar-refractivity contribution in [2.24, 2.45) is 0 Å². The topological polar surface area (TPSA) is 91.9 Å². The molecule has 2 aromatic heterocycles. The van der Waals surface area contributed by atoms with Crippen LogP contribution in [0.4, 0.5) is 17.2 Å². The second-order valence-corrected chi connectivity index (χ2v) is 7.24. The van der Waals surface area contributed by atoms with Gasteiger partial charge in [-0.05, 0) is 35.9 Å².